The molecular weight excluding hydrogens is 341 g/mol. The molecule has 110 valence electrons. The summed E-state index contributed by atoms with van der Waals surface area (Å²) in [5, 5.41) is 0. The zero-order valence-corrected chi connectivity index (χ0v) is 12.8. The van der Waals surface area contributed by atoms with E-state index in [2.05, 4.69) is 20.7 Å². The Morgan fingerprint density at radius 3 is 2.71 bits per heavy atom. The van der Waals surface area contributed by atoms with E-state index in [4.69, 9.17) is 10.5 Å². The maximum atomic E-state index is 13.3. The van der Waals surface area contributed by atoms with Crippen LogP contribution in [0, 0.1) is 5.82 Å². The molecule has 4 nitrogen and oxygen atoms in total. The van der Waals surface area contributed by atoms with E-state index in [0.717, 1.165) is 0 Å². The maximum Gasteiger partial charge on any atom is 0.341 e. The number of methoxy groups -OCH3 is 1. The molecule has 0 unspecified atom stereocenters. The first-order chi connectivity index (χ1) is 9.99. The van der Waals surface area contributed by atoms with Gasteiger partial charge in [-0.05, 0) is 35.9 Å². The number of nitrogens with two attached hydrogens (primary N) is 1. The minimum Gasteiger partial charge on any atom is -0.488 e. The topological polar surface area (TPSA) is 61.5 Å². The van der Waals surface area contributed by atoms with Gasteiger partial charge in [0.1, 0.15) is 23.7 Å². The van der Waals surface area contributed by atoms with Crippen molar-refractivity contribution in [1.82, 2.24) is 0 Å². The molecule has 0 spiro atoms. The van der Waals surface area contributed by atoms with Gasteiger partial charge in [-0.15, -0.1) is 0 Å². The molecule has 0 aliphatic carbocycles. The first-order valence-corrected chi connectivity index (χ1v) is 6.84. The summed E-state index contributed by atoms with van der Waals surface area (Å²) in [6, 6.07) is 9.07. The molecule has 0 heterocycles. The number of carbonyl (C=O) groups is 1. The Bertz CT molecular complexity index is 656. The number of nitrogen functional groups attached to an aromatic ring is 1. The zero-order chi connectivity index (χ0) is 15.4. The van der Waals surface area contributed by atoms with E-state index >= 15 is 0 Å². The third-order valence-corrected chi connectivity index (χ3v) is 3.19. The number of carbonyl (C=O) groups excluding carboxylic acids is 1. The second kappa shape index (κ2) is 6.58. The zero-order valence-electron chi connectivity index (χ0n) is 11.2. The van der Waals surface area contributed by atoms with Crippen LogP contribution in [0.4, 0.5) is 10.1 Å². The summed E-state index contributed by atoms with van der Waals surface area (Å²) in [4.78, 5) is 11.7. The van der Waals surface area contributed by atoms with Crippen molar-refractivity contribution < 1.29 is 18.7 Å². The summed E-state index contributed by atoms with van der Waals surface area (Å²) in [6.07, 6.45) is 0. The Morgan fingerprint density at radius 2 is 2.05 bits per heavy atom. The van der Waals surface area contributed by atoms with Crippen LogP contribution in [0.3, 0.4) is 0 Å². The van der Waals surface area contributed by atoms with Gasteiger partial charge in [-0.2, -0.15) is 0 Å². The van der Waals surface area contributed by atoms with Crippen LogP contribution in [0.25, 0.3) is 0 Å². The summed E-state index contributed by atoms with van der Waals surface area (Å²) in [5.41, 5.74) is 7.03. The molecule has 2 N–H and O–H groups in total. The molecule has 0 atom stereocenters. The van der Waals surface area contributed by atoms with Crippen molar-refractivity contribution in [2.45, 2.75) is 6.61 Å². The van der Waals surface area contributed by atoms with Crippen LogP contribution >= 0.6 is 15.9 Å². The summed E-state index contributed by atoms with van der Waals surface area (Å²) in [7, 11) is 1.28. The quantitative estimate of drug-likeness (QED) is 0.674. The minimum absolute atomic E-state index is 0.101. The Kier molecular flexibility index (Phi) is 4.80. The molecule has 21 heavy (non-hydrogen) atoms. The molecule has 0 aliphatic heterocycles. The normalized spacial score (nSPS) is 10.2. The highest BCUT2D eigenvalue weighted by Crippen LogP contribution is 2.24. The van der Waals surface area contributed by atoms with Crippen molar-refractivity contribution >= 4 is 27.6 Å². The third kappa shape index (κ3) is 3.95. The van der Waals surface area contributed by atoms with Crippen molar-refractivity contribution in [3.8, 4) is 5.75 Å². The fourth-order valence-corrected chi connectivity index (χ4v) is 2.31. The Hall–Kier alpha value is -2.08. The monoisotopic (exact) mass is 353 g/mol. The number of hydrogen-bond acceptors (Lipinski definition) is 4. The second-order valence-corrected chi connectivity index (χ2v) is 5.23. The van der Waals surface area contributed by atoms with E-state index in [-0.39, 0.29) is 18.0 Å². The van der Waals surface area contributed by atoms with Gasteiger partial charge in [-0.25, -0.2) is 9.18 Å². The van der Waals surface area contributed by atoms with Crippen molar-refractivity contribution in [2.75, 3.05) is 12.8 Å². The van der Waals surface area contributed by atoms with Gasteiger partial charge < -0.3 is 15.2 Å². The molecule has 0 saturated heterocycles. The van der Waals surface area contributed by atoms with Crippen molar-refractivity contribution in [3.05, 3.63) is 57.8 Å². The third-order valence-electron chi connectivity index (χ3n) is 2.73. The van der Waals surface area contributed by atoms with Crippen molar-refractivity contribution in [3.63, 3.8) is 0 Å². The number of anilines is 1. The Morgan fingerprint density at radius 1 is 1.29 bits per heavy atom. The van der Waals surface area contributed by atoms with Crippen LogP contribution < -0.4 is 10.5 Å². The lowest BCUT2D eigenvalue weighted by Crippen LogP contribution is -2.06. The lowest BCUT2D eigenvalue weighted by Gasteiger charge is -2.11. The van der Waals surface area contributed by atoms with Crippen molar-refractivity contribution in [1.29, 1.82) is 0 Å². The molecule has 2 aromatic rings. The fourth-order valence-electron chi connectivity index (χ4n) is 1.79. The molecule has 0 bridgehead atoms. The van der Waals surface area contributed by atoms with Crippen LogP contribution in [0.2, 0.25) is 0 Å². The first kappa shape index (κ1) is 15.3. The minimum atomic E-state index is -0.523. The van der Waals surface area contributed by atoms with Crippen molar-refractivity contribution in [2.24, 2.45) is 0 Å². The van der Waals surface area contributed by atoms with Gasteiger partial charge in [0.05, 0.1) is 7.11 Å². The predicted molar refractivity (Wildman–Crippen MR) is 80.6 cm³/mol. The summed E-state index contributed by atoms with van der Waals surface area (Å²) in [5.74, 6) is -0.601. The number of halogens is 2. The van der Waals surface area contributed by atoms with Crippen LogP contribution in [-0.4, -0.2) is 13.1 Å². The molecule has 0 saturated carbocycles. The number of ether oxygens (including phenoxy) is 2. The molecule has 2 aromatic carbocycles. The molecule has 0 aromatic heterocycles. The molecule has 0 radical (unpaired) electrons. The number of rotatable bonds is 4. The fraction of sp³-hybridized carbons (Fsp3) is 0.133. The van der Waals surface area contributed by atoms with Gasteiger partial charge in [-0.1, -0.05) is 15.9 Å². The van der Waals surface area contributed by atoms with Gasteiger partial charge >= 0.3 is 5.97 Å². The molecule has 0 amide bonds. The SMILES string of the molecule is COC(=O)c1ccc(N)cc1OCc1cc(F)cc(Br)c1. The van der Waals surface area contributed by atoms with E-state index in [0.29, 0.717) is 21.5 Å². The van der Waals surface area contributed by atoms with E-state index in [9.17, 15) is 9.18 Å². The van der Waals surface area contributed by atoms with E-state index in [1.807, 2.05) is 0 Å². The van der Waals surface area contributed by atoms with Gasteiger partial charge in [0, 0.05) is 16.2 Å². The van der Waals surface area contributed by atoms with E-state index < -0.39 is 5.97 Å². The smallest absolute Gasteiger partial charge is 0.341 e. The first-order valence-electron chi connectivity index (χ1n) is 6.05. The summed E-state index contributed by atoms with van der Waals surface area (Å²) < 4.78 is 24.2. The lowest BCUT2D eigenvalue weighted by molar-refractivity contribution is 0.0595. The van der Waals surface area contributed by atoms with E-state index in [1.54, 1.807) is 12.1 Å². The molecule has 0 aliphatic rings. The van der Waals surface area contributed by atoms with Crippen LogP contribution in [-0.2, 0) is 11.3 Å². The van der Waals surface area contributed by atoms with Crippen LogP contribution in [0.5, 0.6) is 5.75 Å². The van der Waals surface area contributed by atoms with Gasteiger partial charge in [0.15, 0.2) is 0 Å². The molecular formula is C15H13BrFNO3. The lowest BCUT2D eigenvalue weighted by atomic mass is 10.2. The number of benzene rings is 2. The Labute approximate surface area is 129 Å². The van der Waals surface area contributed by atoms with Crippen LogP contribution in [0.15, 0.2) is 40.9 Å². The number of esters is 1. The molecule has 6 heteroatoms. The highest BCUT2D eigenvalue weighted by Gasteiger charge is 2.13. The largest absolute Gasteiger partial charge is 0.488 e. The molecule has 0 fully saturated rings. The predicted octanol–water partition coefficient (Wildman–Crippen LogP) is 3.54. The van der Waals surface area contributed by atoms with Gasteiger partial charge in [0.2, 0.25) is 0 Å². The van der Waals surface area contributed by atoms with Crippen LogP contribution in [0.1, 0.15) is 15.9 Å². The van der Waals surface area contributed by atoms with E-state index in [1.165, 1.54) is 31.4 Å². The maximum absolute atomic E-state index is 13.3. The Balaban J connectivity index is 2.22. The highest BCUT2D eigenvalue weighted by atomic mass is 79.9. The second-order valence-electron chi connectivity index (χ2n) is 4.31. The average Bonchev–Trinajstić information content (AvgIpc) is 2.43. The van der Waals surface area contributed by atoms with Gasteiger partial charge in [0.25, 0.3) is 0 Å². The standard InChI is InChI=1S/C15H13BrFNO3/c1-20-15(19)13-3-2-12(18)7-14(13)21-8-9-4-10(16)6-11(17)5-9/h2-7H,8,18H2,1H3. The van der Waals surface area contributed by atoms with Gasteiger partial charge in [-0.3, -0.25) is 0 Å². The average molecular weight is 354 g/mol. The number of hydrogen-bond donors (Lipinski definition) is 1. The summed E-state index contributed by atoms with van der Waals surface area (Å²) in [6.45, 7) is 0.101. The summed E-state index contributed by atoms with van der Waals surface area (Å²) >= 11 is 3.21. The highest BCUT2D eigenvalue weighted by molar-refractivity contribution is 9.10. The molecule has 2 rings (SSSR count).